The maximum Gasteiger partial charge on any atom is 0.338 e. The Labute approximate surface area is 113 Å². The first-order valence-electron chi connectivity index (χ1n) is 5.78. The van der Waals surface area contributed by atoms with E-state index in [1.54, 1.807) is 11.3 Å². The zero-order valence-electron chi connectivity index (χ0n) is 10.3. The van der Waals surface area contributed by atoms with Gasteiger partial charge in [-0.15, -0.1) is 11.3 Å². The Balaban J connectivity index is 2.09. The molecular weight excluding hydrogens is 266 g/mol. The standard InChI is InChI=1S/C13H13NO4S/c1-2-9(11-4-3-5-19-11)14-12(15)10-6-8(7-18-10)13(16)17/h3-7,9H,2H2,1H3,(H,14,15)(H,16,17). The zero-order valence-corrected chi connectivity index (χ0v) is 11.1. The molecule has 0 fully saturated rings. The fraction of sp³-hybridized carbons (Fsp3) is 0.231. The number of rotatable bonds is 5. The first-order chi connectivity index (χ1) is 9.11. The molecule has 0 aliphatic rings. The van der Waals surface area contributed by atoms with E-state index in [0.29, 0.717) is 0 Å². The number of hydrogen-bond donors (Lipinski definition) is 2. The van der Waals surface area contributed by atoms with Crippen LogP contribution < -0.4 is 5.32 Å². The summed E-state index contributed by atoms with van der Waals surface area (Å²) in [7, 11) is 0. The van der Waals surface area contributed by atoms with Crippen LogP contribution in [-0.2, 0) is 0 Å². The van der Waals surface area contributed by atoms with Crippen LogP contribution in [0.3, 0.4) is 0 Å². The van der Waals surface area contributed by atoms with Gasteiger partial charge in [0.05, 0.1) is 11.6 Å². The lowest BCUT2D eigenvalue weighted by Crippen LogP contribution is -2.27. The number of aromatic carboxylic acids is 1. The molecule has 0 aliphatic heterocycles. The largest absolute Gasteiger partial charge is 0.478 e. The van der Waals surface area contributed by atoms with Crippen molar-refractivity contribution >= 4 is 23.2 Å². The third kappa shape index (κ3) is 3.03. The molecule has 19 heavy (non-hydrogen) atoms. The third-order valence-electron chi connectivity index (χ3n) is 2.67. The number of carboxylic acid groups (broad SMARTS) is 1. The Morgan fingerprint density at radius 3 is 2.84 bits per heavy atom. The second-order valence-electron chi connectivity index (χ2n) is 3.95. The normalized spacial score (nSPS) is 12.1. The van der Waals surface area contributed by atoms with E-state index in [9.17, 15) is 9.59 Å². The Kier molecular flexibility index (Phi) is 4.01. The van der Waals surface area contributed by atoms with Gasteiger partial charge in [0.15, 0.2) is 5.76 Å². The van der Waals surface area contributed by atoms with Crippen LogP contribution in [0.1, 0.15) is 45.2 Å². The molecular formula is C13H13NO4S. The van der Waals surface area contributed by atoms with Gasteiger partial charge < -0.3 is 14.8 Å². The van der Waals surface area contributed by atoms with Crippen LogP contribution in [0.2, 0.25) is 0 Å². The predicted octanol–water partition coefficient (Wildman–Crippen LogP) is 2.92. The lowest BCUT2D eigenvalue weighted by Gasteiger charge is -2.14. The Hall–Kier alpha value is -2.08. The molecule has 0 saturated heterocycles. The Bertz CT molecular complexity index is 573. The molecule has 2 N–H and O–H groups in total. The molecule has 100 valence electrons. The highest BCUT2D eigenvalue weighted by molar-refractivity contribution is 7.10. The summed E-state index contributed by atoms with van der Waals surface area (Å²) in [6, 6.07) is 5.00. The van der Waals surface area contributed by atoms with Crippen LogP contribution in [0.4, 0.5) is 0 Å². The number of nitrogens with one attached hydrogen (secondary N) is 1. The van der Waals surface area contributed by atoms with Crippen LogP contribution in [0.5, 0.6) is 0 Å². The smallest absolute Gasteiger partial charge is 0.338 e. The maximum atomic E-state index is 12.0. The minimum Gasteiger partial charge on any atom is -0.478 e. The Morgan fingerprint density at radius 1 is 1.53 bits per heavy atom. The SMILES string of the molecule is CCC(NC(=O)c1cc(C(=O)O)co1)c1cccs1. The van der Waals surface area contributed by atoms with E-state index in [-0.39, 0.29) is 17.4 Å². The number of hydrogen-bond acceptors (Lipinski definition) is 4. The van der Waals surface area contributed by atoms with Crippen molar-refractivity contribution in [2.75, 3.05) is 0 Å². The lowest BCUT2D eigenvalue weighted by atomic mass is 10.2. The van der Waals surface area contributed by atoms with E-state index in [2.05, 4.69) is 5.32 Å². The number of carbonyl (C=O) groups excluding carboxylic acids is 1. The number of carbonyl (C=O) groups is 2. The second-order valence-corrected chi connectivity index (χ2v) is 4.93. The van der Waals surface area contributed by atoms with Crippen molar-refractivity contribution in [1.82, 2.24) is 5.32 Å². The van der Waals surface area contributed by atoms with E-state index in [1.165, 1.54) is 6.07 Å². The van der Waals surface area contributed by atoms with Gasteiger partial charge in [-0.25, -0.2) is 4.79 Å². The molecule has 1 atom stereocenters. The van der Waals surface area contributed by atoms with Gasteiger partial charge in [0, 0.05) is 10.9 Å². The van der Waals surface area contributed by atoms with Crippen molar-refractivity contribution in [3.05, 3.63) is 46.0 Å². The van der Waals surface area contributed by atoms with Gasteiger partial charge in [-0.2, -0.15) is 0 Å². The van der Waals surface area contributed by atoms with Crippen molar-refractivity contribution in [3.63, 3.8) is 0 Å². The molecule has 2 aromatic heterocycles. The molecule has 2 aromatic rings. The fourth-order valence-electron chi connectivity index (χ4n) is 1.66. The van der Waals surface area contributed by atoms with Crippen molar-refractivity contribution in [1.29, 1.82) is 0 Å². The van der Waals surface area contributed by atoms with Gasteiger partial charge in [0.2, 0.25) is 0 Å². The molecule has 1 unspecified atom stereocenters. The van der Waals surface area contributed by atoms with E-state index in [4.69, 9.17) is 9.52 Å². The molecule has 1 amide bonds. The van der Waals surface area contributed by atoms with Crippen molar-refractivity contribution in [2.24, 2.45) is 0 Å². The van der Waals surface area contributed by atoms with Crippen LogP contribution in [0.15, 0.2) is 34.3 Å². The van der Waals surface area contributed by atoms with Crippen LogP contribution in [0.25, 0.3) is 0 Å². The third-order valence-corrected chi connectivity index (χ3v) is 3.66. The molecule has 0 spiro atoms. The summed E-state index contributed by atoms with van der Waals surface area (Å²) >= 11 is 1.56. The van der Waals surface area contributed by atoms with E-state index in [0.717, 1.165) is 17.6 Å². The molecule has 5 nitrogen and oxygen atoms in total. The molecule has 0 aromatic carbocycles. The highest BCUT2D eigenvalue weighted by atomic mass is 32.1. The summed E-state index contributed by atoms with van der Waals surface area (Å²) in [6.07, 6.45) is 1.81. The molecule has 2 rings (SSSR count). The molecule has 0 bridgehead atoms. The first-order valence-corrected chi connectivity index (χ1v) is 6.66. The first kappa shape index (κ1) is 13.4. The summed E-state index contributed by atoms with van der Waals surface area (Å²) in [6.45, 7) is 1.97. The maximum absolute atomic E-state index is 12.0. The lowest BCUT2D eigenvalue weighted by molar-refractivity contribution is 0.0695. The van der Waals surface area contributed by atoms with Gasteiger partial charge in [0.25, 0.3) is 5.91 Å². The number of carboxylic acids is 1. The molecule has 0 saturated carbocycles. The summed E-state index contributed by atoms with van der Waals surface area (Å²) in [5.74, 6) is -1.52. The van der Waals surface area contributed by atoms with Crippen LogP contribution >= 0.6 is 11.3 Å². The van der Waals surface area contributed by atoms with Gasteiger partial charge in [-0.05, 0) is 17.9 Å². The molecule has 0 aliphatic carbocycles. The highest BCUT2D eigenvalue weighted by Crippen LogP contribution is 2.22. The van der Waals surface area contributed by atoms with Gasteiger partial charge in [0.1, 0.15) is 6.26 Å². The Morgan fingerprint density at radius 2 is 2.32 bits per heavy atom. The predicted molar refractivity (Wildman–Crippen MR) is 70.5 cm³/mol. The van der Waals surface area contributed by atoms with Gasteiger partial charge >= 0.3 is 5.97 Å². The average molecular weight is 279 g/mol. The van der Waals surface area contributed by atoms with Gasteiger partial charge in [-0.1, -0.05) is 13.0 Å². The average Bonchev–Trinajstić information content (AvgIpc) is 3.05. The minimum atomic E-state index is -1.12. The number of amides is 1. The second kappa shape index (κ2) is 5.71. The topological polar surface area (TPSA) is 79.5 Å². The minimum absolute atomic E-state index is 0.00686. The van der Waals surface area contributed by atoms with E-state index < -0.39 is 11.9 Å². The van der Waals surface area contributed by atoms with Crippen molar-refractivity contribution in [3.8, 4) is 0 Å². The molecule has 6 heteroatoms. The number of thiophene rings is 1. The van der Waals surface area contributed by atoms with Crippen molar-refractivity contribution in [2.45, 2.75) is 19.4 Å². The van der Waals surface area contributed by atoms with Gasteiger partial charge in [-0.3, -0.25) is 4.79 Å². The van der Waals surface area contributed by atoms with E-state index >= 15 is 0 Å². The summed E-state index contributed by atoms with van der Waals surface area (Å²) < 4.78 is 4.96. The molecule has 0 radical (unpaired) electrons. The fourth-order valence-corrected chi connectivity index (χ4v) is 2.52. The zero-order chi connectivity index (χ0) is 13.8. The monoisotopic (exact) mass is 279 g/mol. The number of furan rings is 1. The summed E-state index contributed by atoms with van der Waals surface area (Å²) in [5, 5.41) is 13.5. The van der Waals surface area contributed by atoms with E-state index in [1.807, 2.05) is 24.4 Å². The summed E-state index contributed by atoms with van der Waals surface area (Å²) in [5.41, 5.74) is -0.0330. The quantitative estimate of drug-likeness (QED) is 0.882. The summed E-state index contributed by atoms with van der Waals surface area (Å²) in [4.78, 5) is 23.7. The molecule has 2 heterocycles. The highest BCUT2D eigenvalue weighted by Gasteiger charge is 2.19. The van der Waals surface area contributed by atoms with Crippen LogP contribution in [-0.4, -0.2) is 17.0 Å². The van der Waals surface area contributed by atoms with Crippen molar-refractivity contribution < 1.29 is 19.1 Å². The van der Waals surface area contributed by atoms with Crippen LogP contribution in [0, 0.1) is 0 Å².